The highest BCUT2D eigenvalue weighted by atomic mass is 79.9. The van der Waals surface area contributed by atoms with Crippen molar-refractivity contribution in [3.63, 3.8) is 0 Å². The molecule has 0 saturated heterocycles. The normalized spacial score (nSPS) is 10.8. The molecule has 0 aliphatic carbocycles. The fraction of sp³-hybridized carbons (Fsp3) is 0.250. The zero-order chi connectivity index (χ0) is 12.6. The summed E-state index contributed by atoms with van der Waals surface area (Å²) in [5.41, 5.74) is 1.65. The lowest BCUT2D eigenvalue weighted by Crippen LogP contribution is -2.07. The van der Waals surface area contributed by atoms with Crippen molar-refractivity contribution in [2.24, 2.45) is 0 Å². The summed E-state index contributed by atoms with van der Waals surface area (Å²) in [6.07, 6.45) is 0.788. The van der Waals surface area contributed by atoms with Crippen molar-refractivity contribution in [2.45, 2.75) is 13.3 Å². The average molecular weight is 361 g/mol. The minimum Gasteiger partial charge on any atom is -0.495 e. The first-order chi connectivity index (χ1) is 8.08. The van der Waals surface area contributed by atoms with Crippen LogP contribution in [0.1, 0.15) is 12.6 Å². The Kier molecular flexibility index (Phi) is 3.58. The molecule has 0 fully saturated rings. The molecule has 3 nitrogen and oxygen atoms in total. The van der Waals surface area contributed by atoms with Gasteiger partial charge in [0.25, 0.3) is 0 Å². The molecule has 0 amide bonds. The lowest BCUT2D eigenvalue weighted by atomic mass is 10.1. The molecule has 2 rings (SSSR count). The number of pyridine rings is 1. The summed E-state index contributed by atoms with van der Waals surface area (Å²) in [5, 5.41) is 0.561. The molecule has 1 heterocycles. The van der Waals surface area contributed by atoms with E-state index in [0.29, 0.717) is 11.1 Å². The second kappa shape index (κ2) is 4.82. The van der Waals surface area contributed by atoms with Gasteiger partial charge >= 0.3 is 0 Å². The predicted octanol–water partition coefficient (Wildman–Crippen LogP) is 3.62. The van der Waals surface area contributed by atoms with Crippen LogP contribution >= 0.6 is 31.9 Å². The fourth-order valence-corrected chi connectivity index (χ4v) is 3.20. The number of hydrogen-bond acceptors (Lipinski definition) is 2. The summed E-state index contributed by atoms with van der Waals surface area (Å²) >= 11 is 6.84. The number of methoxy groups -OCH3 is 1. The molecule has 90 valence electrons. The van der Waals surface area contributed by atoms with Crippen LogP contribution in [0.4, 0.5) is 0 Å². The van der Waals surface area contributed by atoms with Gasteiger partial charge in [-0.05, 0) is 44.3 Å². The molecule has 0 atom stereocenters. The van der Waals surface area contributed by atoms with Crippen LogP contribution in [-0.2, 0) is 6.42 Å². The SMILES string of the molecule is CCc1cc(=O)c2c(OC)c(Br)cc(Br)c2[nH]1. The molecule has 0 aliphatic rings. The van der Waals surface area contributed by atoms with Gasteiger partial charge in [0.1, 0.15) is 5.75 Å². The Morgan fingerprint density at radius 2 is 2.00 bits per heavy atom. The fourth-order valence-electron chi connectivity index (χ4n) is 1.78. The molecule has 17 heavy (non-hydrogen) atoms. The topological polar surface area (TPSA) is 42.1 Å². The molecule has 1 N–H and O–H groups in total. The lowest BCUT2D eigenvalue weighted by Gasteiger charge is -2.10. The molecule has 0 bridgehead atoms. The van der Waals surface area contributed by atoms with Crippen molar-refractivity contribution in [1.82, 2.24) is 4.98 Å². The predicted molar refractivity (Wildman–Crippen MR) is 75.9 cm³/mol. The largest absolute Gasteiger partial charge is 0.495 e. The van der Waals surface area contributed by atoms with Gasteiger partial charge in [-0.3, -0.25) is 4.79 Å². The summed E-state index contributed by atoms with van der Waals surface area (Å²) in [6, 6.07) is 3.49. The number of aromatic nitrogens is 1. The van der Waals surface area contributed by atoms with Crippen molar-refractivity contribution >= 4 is 42.8 Å². The quantitative estimate of drug-likeness (QED) is 0.888. The van der Waals surface area contributed by atoms with Gasteiger partial charge in [0.05, 0.1) is 22.5 Å². The van der Waals surface area contributed by atoms with E-state index < -0.39 is 0 Å². The van der Waals surface area contributed by atoms with Gasteiger partial charge in [-0.15, -0.1) is 0 Å². The maximum Gasteiger partial charge on any atom is 0.193 e. The van der Waals surface area contributed by atoms with Gasteiger partial charge in [-0.2, -0.15) is 0 Å². The van der Waals surface area contributed by atoms with Gasteiger partial charge in [0.2, 0.25) is 0 Å². The molecule has 1 aromatic heterocycles. The third-order valence-electron chi connectivity index (χ3n) is 2.61. The standard InChI is InChI=1S/C12H11Br2NO2/c1-3-6-4-9(16)10-11(15-6)7(13)5-8(14)12(10)17-2/h4-5H,3H2,1-2H3,(H,15,16). The van der Waals surface area contributed by atoms with Crippen molar-refractivity contribution < 1.29 is 4.74 Å². The molecular weight excluding hydrogens is 350 g/mol. The van der Waals surface area contributed by atoms with Crippen LogP contribution in [0.2, 0.25) is 0 Å². The number of benzene rings is 1. The summed E-state index contributed by atoms with van der Waals surface area (Å²) in [7, 11) is 1.56. The first-order valence-electron chi connectivity index (χ1n) is 5.16. The van der Waals surface area contributed by atoms with Crippen molar-refractivity contribution in [2.75, 3.05) is 7.11 Å². The van der Waals surface area contributed by atoms with Crippen LogP contribution < -0.4 is 10.2 Å². The number of H-pyrrole nitrogens is 1. The zero-order valence-corrected chi connectivity index (χ0v) is 12.6. The number of rotatable bonds is 2. The number of hydrogen-bond donors (Lipinski definition) is 1. The van der Waals surface area contributed by atoms with E-state index in [2.05, 4.69) is 36.8 Å². The Labute approximate surface area is 115 Å². The maximum absolute atomic E-state index is 12.1. The molecule has 0 spiro atoms. The summed E-state index contributed by atoms with van der Waals surface area (Å²) in [4.78, 5) is 15.3. The Balaban J connectivity index is 2.98. The Morgan fingerprint density at radius 1 is 1.29 bits per heavy atom. The molecular formula is C12H11Br2NO2. The zero-order valence-electron chi connectivity index (χ0n) is 9.43. The third-order valence-corrected chi connectivity index (χ3v) is 3.82. The van der Waals surface area contributed by atoms with Gasteiger partial charge in [0, 0.05) is 16.2 Å². The van der Waals surface area contributed by atoms with E-state index in [-0.39, 0.29) is 5.43 Å². The van der Waals surface area contributed by atoms with E-state index >= 15 is 0 Å². The highest BCUT2D eigenvalue weighted by molar-refractivity contribution is 9.11. The second-order valence-corrected chi connectivity index (χ2v) is 5.34. The van der Waals surface area contributed by atoms with Crippen LogP contribution in [-0.4, -0.2) is 12.1 Å². The Morgan fingerprint density at radius 3 is 2.59 bits per heavy atom. The molecule has 0 radical (unpaired) electrons. The number of aromatic amines is 1. The number of halogens is 2. The van der Waals surface area contributed by atoms with Crippen molar-refractivity contribution in [3.05, 3.63) is 37.0 Å². The first kappa shape index (κ1) is 12.6. The van der Waals surface area contributed by atoms with Crippen LogP contribution in [0.5, 0.6) is 5.75 Å². The molecule has 0 saturated carbocycles. The van der Waals surface area contributed by atoms with Crippen LogP contribution in [0.15, 0.2) is 25.9 Å². The van der Waals surface area contributed by atoms with E-state index in [4.69, 9.17) is 4.74 Å². The van der Waals surface area contributed by atoms with E-state index in [1.807, 2.05) is 13.0 Å². The van der Waals surface area contributed by atoms with E-state index in [9.17, 15) is 4.79 Å². The van der Waals surface area contributed by atoms with Gasteiger partial charge in [-0.1, -0.05) is 6.92 Å². The highest BCUT2D eigenvalue weighted by Gasteiger charge is 2.14. The number of fused-ring (bicyclic) bond motifs is 1. The molecule has 0 unspecified atom stereocenters. The molecule has 2 aromatic rings. The summed E-state index contributed by atoms with van der Waals surface area (Å²) in [5.74, 6) is 0.562. The first-order valence-corrected chi connectivity index (χ1v) is 6.75. The second-order valence-electron chi connectivity index (χ2n) is 3.64. The maximum atomic E-state index is 12.1. The van der Waals surface area contributed by atoms with E-state index in [1.54, 1.807) is 13.2 Å². The van der Waals surface area contributed by atoms with E-state index in [0.717, 1.165) is 26.6 Å². The lowest BCUT2D eigenvalue weighted by molar-refractivity contribution is 0.417. The van der Waals surface area contributed by atoms with Crippen molar-refractivity contribution in [3.8, 4) is 5.75 Å². The third kappa shape index (κ3) is 2.13. The molecule has 5 heteroatoms. The Hall–Kier alpha value is -0.810. The smallest absolute Gasteiger partial charge is 0.193 e. The van der Waals surface area contributed by atoms with Crippen LogP contribution in [0.25, 0.3) is 10.9 Å². The van der Waals surface area contributed by atoms with E-state index in [1.165, 1.54) is 0 Å². The number of nitrogens with one attached hydrogen (secondary N) is 1. The number of aryl methyl sites for hydroxylation is 1. The minimum atomic E-state index is -0.0329. The summed E-state index contributed by atoms with van der Waals surface area (Å²) < 4.78 is 6.88. The Bertz CT molecular complexity index is 634. The minimum absolute atomic E-state index is 0.0329. The van der Waals surface area contributed by atoms with Gasteiger partial charge in [0.15, 0.2) is 5.43 Å². The van der Waals surface area contributed by atoms with Crippen molar-refractivity contribution in [1.29, 1.82) is 0 Å². The average Bonchev–Trinajstić information content (AvgIpc) is 2.30. The van der Waals surface area contributed by atoms with Crippen LogP contribution in [0.3, 0.4) is 0 Å². The monoisotopic (exact) mass is 359 g/mol. The van der Waals surface area contributed by atoms with Gasteiger partial charge in [-0.25, -0.2) is 0 Å². The molecule has 0 aliphatic heterocycles. The van der Waals surface area contributed by atoms with Gasteiger partial charge < -0.3 is 9.72 Å². The molecule has 1 aromatic carbocycles. The van der Waals surface area contributed by atoms with Crippen LogP contribution in [0, 0.1) is 0 Å². The number of ether oxygens (including phenoxy) is 1. The highest BCUT2D eigenvalue weighted by Crippen LogP contribution is 2.35. The summed E-state index contributed by atoms with van der Waals surface area (Å²) in [6.45, 7) is 2.00.